The summed E-state index contributed by atoms with van der Waals surface area (Å²) in [4.78, 5) is 22.6. The van der Waals surface area contributed by atoms with Crippen LogP contribution in [0.2, 0.25) is 0 Å². The fourth-order valence-corrected chi connectivity index (χ4v) is 6.00. The molecule has 0 unspecified atom stereocenters. The molecule has 4 nitrogen and oxygen atoms in total. The maximum atomic E-state index is 13.7. The highest BCUT2D eigenvalue weighted by atomic mass is 19.1. The van der Waals surface area contributed by atoms with E-state index in [1.165, 1.54) is 50.2 Å². The van der Waals surface area contributed by atoms with Gasteiger partial charge in [-0.3, -0.25) is 4.79 Å². The van der Waals surface area contributed by atoms with Gasteiger partial charge in [-0.2, -0.15) is 0 Å². The highest BCUT2D eigenvalue weighted by Crippen LogP contribution is 2.40. The molecule has 0 radical (unpaired) electrons. The molecule has 3 aliphatic carbocycles. The van der Waals surface area contributed by atoms with E-state index >= 15 is 0 Å². The first kappa shape index (κ1) is 20.0. The fourth-order valence-electron chi connectivity index (χ4n) is 6.00. The summed E-state index contributed by atoms with van der Waals surface area (Å²) in [6.45, 7) is 0. The fraction of sp³-hybridized carbons (Fsp3) is 0.640. The van der Waals surface area contributed by atoms with Gasteiger partial charge in [-0.25, -0.2) is 4.39 Å². The Kier molecular flexibility index (Phi) is 5.81. The van der Waals surface area contributed by atoms with Crippen molar-refractivity contribution in [3.8, 4) is 0 Å². The molecule has 3 aliphatic rings. The number of aromatic nitrogens is 1. The summed E-state index contributed by atoms with van der Waals surface area (Å²) in [6, 6.07) is 5.68. The predicted molar refractivity (Wildman–Crippen MR) is 116 cm³/mol. The Hall–Kier alpha value is -1.88. The van der Waals surface area contributed by atoms with Crippen LogP contribution in [-0.2, 0) is 16.1 Å². The van der Waals surface area contributed by atoms with Gasteiger partial charge in [0.05, 0.1) is 6.42 Å². The Balaban J connectivity index is 1.29. The Morgan fingerprint density at radius 3 is 2.33 bits per heavy atom. The van der Waals surface area contributed by atoms with Crippen LogP contribution in [0.3, 0.4) is 0 Å². The smallest absolute Gasteiger partial charge is 0.325 e. The van der Waals surface area contributed by atoms with Crippen LogP contribution in [0.4, 0.5) is 4.39 Å². The van der Waals surface area contributed by atoms with Gasteiger partial charge in [-0.05, 0) is 62.3 Å². The second-order valence-corrected chi connectivity index (χ2v) is 9.55. The van der Waals surface area contributed by atoms with Crippen LogP contribution in [0.25, 0.3) is 10.9 Å². The number of hydrogen-bond donors (Lipinski definition) is 1. The Labute approximate surface area is 178 Å². The summed E-state index contributed by atoms with van der Waals surface area (Å²) >= 11 is 0. The monoisotopic (exact) mass is 412 g/mol. The molecule has 162 valence electrons. The van der Waals surface area contributed by atoms with Crippen LogP contribution in [0.15, 0.2) is 18.2 Å². The molecule has 1 atom stereocenters. The molecule has 1 N–H and O–H groups in total. The lowest BCUT2D eigenvalue weighted by atomic mass is 9.90. The van der Waals surface area contributed by atoms with Crippen molar-refractivity contribution in [1.29, 1.82) is 0 Å². The summed E-state index contributed by atoms with van der Waals surface area (Å²) in [5.41, 5.74) is 3.25. The quantitative estimate of drug-likeness (QED) is 0.599. The Morgan fingerprint density at radius 1 is 1.00 bits per heavy atom. The number of carbonyl (C=O) groups is 1. The van der Waals surface area contributed by atoms with Gasteiger partial charge in [0.2, 0.25) is 0 Å². The zero-order valence-corrected chi connectivity index (χ0v) is 17.8. The van der Waals surface area contributed by atoms with Gasteiger partial charge in [-0.1, -0.05) is 38.5 Å². The first-order valence-corrected chi connectivity index (χ1v) is 12.0. The summed E-state index contributed by atoms with van der Waals surface area (Å²) in [7, 11) is 0. The van der Waals surface area contributed by atoms with Gasteiger partial charge in [0.25, 0.3) is 0 Å². The van der Waals surface area contributed by atoms with Crippen LogP contribution in [-0.4, -0.2) is 28.1 Å². The van der Waals surface area contributed by atoms with Crippen LogP contribution in [0, 0.1) is 5.82 Å². The van der Waals surface area contributed by atoms with E-state index in [0.717, 1.165) is 55.1 Å². The van der Waals surface area contributed by atoms with E-state index < -0.39 is 0 Å². The summed E-state index contributed by atoms with van der Waals surface area (Å²) in [5, 5.41) is 3.09. The molecule has 30 heavy (non-hydrogen) atoms. The number of benzene rings is 1. The zero-order valence-electron chi connectivity index (χ0n) is 17.8. The summed E-state index contributed by atoms with van der Waals surface area (Å²) in [5.74, 6) is -0.167. The van der Waals surface area contributed by atoms with Gasteiger partial charge >= 0.3 is 5.97 Å². The number of hydroxylamine groups is 2. The predicted octanol–water partition coefficient (Wildman–Crippen LogP) is 6.15. The van der Waals surface area contributed by atoms with Crippen LogP contribution in [0.1, 0.15) is 94.2 Å². The van der Waals surface area contributed by atoms with E-state index in [4.69, 9.17) is 4.84 Å². The van der Waals surface area contributed by atoms with Crippen molar-refractivity contribution in [2.24, 2.45) is 0 Å². The summed E-state index contributed by atoms with van der Waals surface area (Å²) in [6.07, 6.45) is 14.4. The van der Waals surface area contributed by atoms with E-state index in [1.54, 1.807) is 12.1 Å². The Bertz CT molecular complexity index is 878. The van der Waals surface area contributed by atoms with Gasteiger partial charge in [-0.15, -0.1) is 5.06 Å². The molecule has 5 rings (SSSR count). The third-order valence-corrected chi connectivity index (χ3v) is 7.54. The minimum Gasteiger partial charge on any atom is -0.367 e. The number of aromatic amines is 1. The molecule has 1 heterocycles. The molecular weight excluding hydrogens is 379 g/mol. The topological polar surface area (TPSA) is 45.3 Å². The number of nitrogens with one attached hydrogen (secondary N) is 1. The number of nitrogens with zero attached hydrogens (tertiary/aromatic N) is 1. The number of carbonyl (C=O) groups excluding carboxylic acids is 1. The first-order valence-electron chi connectivity index (χ1n) is 12.0. The van der Waals surface area contributed by atoms with Crippen LogP contribution in [0.5, 0.6) is 0 Å². The zero-order chi connectivity index (χ0) is 20.5. The molecule has 2 aromatic rings. The number of halogens is 1. The second-order valence-electron chi connectivity index (χ2n) is 9.55. The lowest BCUT2D eigenvalue weighted by Crippen LogP contribution is -2.46. The molecule has 0 aliphatic heterocycles. The minimum atomic E-state index is -0.206. The SMILES string of the molecule is O=C(C[C@H]1CCc2c1[nH]c1ccc(F)cc21)ON(C1CCCCC1)C1CCCCC1. The van der Waals surface area contributed by atoms with E-state index in [2.05, 4.69) is 10.0 Å². The third-order valence-electron chi connectivity index (χ3n) is 7.54. The van der Waals surface area contributed by atoms with Crippen molar-refractivity contribution in [3.05, 3.63) is 35.3 Å². The van der Waals surface area contributed by atoms with Crippen molar-refractivity contribution < 1.29 is 14.0 Å². The van der Waals surface area contributed by atoms with Crippen molar-refractivity contribution >= 4 is 16.9 Å². The van der Waals surface area contributed by atoms with Gasteiger partial charge in [0, 0.05) is 34.6 Å². The van der Waals surface area contributed by atoms with E-state index in [9.17, 15) is 9.18 Å². The second kappa shape index (κ2) is 8.70. The van der Waals surface area contributed by atoms with Crippen molar-refractivity contribution in [2.45, 2.75) is 101 Å². The largest absolute Gasteiger partial charge is 0.367 e. The molecule has 1 aromatic heterocycles. The maximum absolute atomic E-state index is 13.7. The molecule has 1 aromatic carbocycles. The number of aryl methyl sites for hydroxylation is 1. The van der Waals surface area contributed by atoms with E-state index in [0.29, 0.717) is 18.5 Å². The normalized spacial score (nSPS) is 23.2. The number of hydrogen-bond acceptors (Lipinski definition) is 3. The highest BCUT2D eigenvalue weighted by molar-refractivity contribution is 5.86. The number of fused-ring (bicyclic) bond motifs is 3. The average Bonchev–Trinajstić information content (AvgIpc) is 3.33. The average molecular weight is 413 g/mol. The van der Waals surface area contributed by atoms with Gasteiger partial charge in [0.15, 0.2) is 0 Å². The van der Waals surface area contributed by atoms with Crippen molar-refractivity contribution in [3.63, 3.8) is 0 Å². The molecular formula is C25H33FN2O2. The summed E-state index contributed by atoms with van der Waals surface area (Å²) < 4.78 is 13.7. The standard InChI is InChI=1S/C25H33FN2O2/c26-18-12-14-23-22(16-18)21-13-11-17(25(21)27-23)15-24(29)30-28(19-7-3-1-4-8-19)20-9-5-2-6-10-20/h12,14,16-17,19-20,27H,1-11,13,15H2/t17-/m1/s1. The van der Waals surface area contributed by atoms with Crippen molar-refractivity contribution in [2.75, 3.05) is 0 Å². The van der Waals surface area contributed by atoms with Gasteiger partial charge < -0.3 is 9.82 Å². The minimum absolute atomic E-state index is 0.103. The number of H-pyrrole nitrogens is 1. The highest BCUT2D eigenvalue weighted by Gasteiger charge is 2.34. The lowest BCUT2D eigenvalue weighted by Gasteiger charge is -2.39. The maximum Gasteiger partial charge on any atom is 0.325 e. The Morgan fingerprint density at radius 2 is 1.67 bits per heavy atom. The van der Waals surface area contributed by atoms with Crippen LogP contribution < -0.4 is 0 Å². The van der Waals surface area contributed by atoms with E-state index in [-0.39, 0.29) is 17.7 Å². The third kappa shape index (κ3) is 4.01. The number of rotatable bonds is 5. The van der Waals surface area contributed by atoms with E-state index in [1.807, 2.05) is 0 Å². The molecule has 0 saturated heterocycles. The molecule has 0 spiro atoms. The lowest BCUT2D eigenvalue weighted by molar-refractivity contribution is -0.223. The molecule has 5 heteroatoms. The molecule has 0 bridgehead atoms. The molecule has 2 fully saturated rings. The molecule has 2 saturated carbocycles. The van der Waals surface area contributed by atoms with Crippen LogP contribution >= 0.6 is 0 Å². The first-order chi connectivity index (χ1) is 14.7. The van der Waals surface area contributed by atoms with Crippen molar-refractivity contribution in [1.82, 2.24) is 10.0 Å². The molecule has 0 amide bonds. The van der Waals surface area contributed by atoms with Gasteiger partial charge in [0.1, 0.15) is 5.82 Å².